The van der Waals surface area contributed by atoms with Crippen molar-refractivity contribution < 1.29 is 14.3 Å². The van der Waals surface area contributed by atoms with Gasteiger partial charge in [0.1, 0.15) is 0 Å². The molecule has 3 fully saturated rings. The number of nitrogens with two attached hydrogens (primary N) is 1. The van der Waals surface area contributed by atoms with Crippen molar-refractivity contribution in [3.8, 4) is 0 Å². The highest BCUT2D eigenvalue weighted by Gasteiger charge is 2.31. The summed E-state index contributed by atoms with van der Waals surface area (Å²) in [5, 5.41) is 0. The van der Waals surface area contributed by atoms with Gasteiger partial charge in [-0.2, -0.15) is 0 Å². The Morgan fingerprint density at radius 2 is 1.62 bits per heavy atom. The zero-order valence-corrected chi connectivity index (χ0v) is 14.6. The molecular formula is C18H31N3O3. The molecule has 3 aliphatic rings. The molecule has 2 amide bonds. The Hall–Kier alpha value is -1.14. The maximum absolute atomic E-state index is 12.5. The molecule has 3 rings (SSSR count). The van der Waals surface area contributed by atoms with E-state index >= 15 is 0 Å². The van der Waals surface area contributed by atoms with Crippen LogP contribution in [0.5, 0.6) is 0 Å². The first-order chi connectivity index (χ1) is 11.6. The number of likely N-dealkylation sites (tertiary alicyclic amines) is 2. The van der Waals surface area contributed by atoms with Crippen LogP contribution >= 0.6 is 0 Å². The molecule has 0 spiro atoms. The van der Waals surface area contributed by atoms with Gasteiger partial charge in [0, 0.05) is 26.3 Å². The predicted octanol–water partition coefficient (Wildman–Crippen LogP) is 0.849. The summed E-state index contributed by atoms with van der Waals surface area (Å²) >= 11 is 0. The van der Waals surface area contributed by atoms with Gasteiger partial charge in [-0.05, 0) is 63.5 Å². The molecule has 1 atom stereocenters. The zero-order valence-electron chi connectivity index (χ0n) is 14.6. The van der Waals surface area contributed by atoms with Gasteiger partial charge in [0.05, 0.1) is 12.5 Å². The van der Waals surface area contributed by atoms with E-state index in [0.717, 1.165) is 57.5 Å². The molecule has 24 heavy (non-hydrogen) atoms. The molecular weight excluding hydrogens is 306 g/mol. The van der Waals surface area contributed by atoms with Crippen LogP contribution in [-0.2, 0) is 14.3 Å². The highest BCUT2D eigenvalue weighted by Crippen LogP contribution is 2.31. The van der Waals surface area contributed by atoms with E-state index in [-0.39, 0.29) is 17.7 Å². The van der Waals surface area contributed by atoms with E-state index in [1.807, 2.05) is 4.90 Å². The molecule has 2 N–H and O–H groups in total. The average Bonchev–Trinajstić information content (AvgIpc) is 2.63. The number of nitrogens with zero attached hydrogens (tertiary/aromatic N) is 2. The average molecular weight is 337 g/mol. The van der Waals surface area contributed by atoms with Crippen LogP contribution in [0.25, 0.3) is 0 Å². The van der Waals surface area contributed by atoms with Crippen LogP contribution in [-0.4, -0.2) is 67.6 Å². The number of ether oxygens (including phenoxy) is 1. The maximum atomic E-state index is 12.5. The van der Waals surface area contributed by atoms with Gasteiger partial charge in [-0.15, -0.1) is 0 Å². The quantitative estimate of drug-likeness (QED) is 0.825. The lowest BCUT2D eigenvalue weighted by molar-refractivity contribution is -0.136. The fourth-order valence-electron chi connectivity index (χ4n) is 4.50. The Kier molecular flexibility index (Phi) is 6.11. The summed E-state index contributed by atoms with van der Waals surface area (Å²) in [5.41, 5.74) is 5.40. The summed E-state index contributed by atoms with van der Waals surface area (Å²) in [4.78, 5) is 28.0. The summed E-state index contributed by atoms with van der Waals surface area (Å²) in [5.74, 6) is 1.33. The third-order valence-electron chi connectivity index (χ3n) is 6.10. The second-order valence-corrected chi connectivity index (χ2v) is 7.64. The number of primary amides is 1. The van der Waals surface area contributed by atoms with Crippen molar-refractivity contribution in [2.75, 3.05) is 45.9 Å². The van der Waals surface area contributed by atoms with Gasteiger partial charge in [-0.3, -0.25) is 14.5 Å². The van der Waals surface area contributed by atoms with E-state index < -0.39 is 0 Å². The topological polar surface area (TPSA) is 75.9 Å². The summed E-state index contributed by atoms with van der Waals surface area (Å²) in [6.07, 6.45) is 6.49. The third kappa shape index (κ3) is 4.48. The molecule has 136 valence electrons. The number of carbonyl (C=O) groups is 2. The Morgan fingerprint density at radius 1 is 0.958 bits per heavy atom. The molecule has 6 nitrogen and oxygen atoms in total. The Labute approximate surface area is 144 Å². The standard InChI is InChI=1S/C18H31N3O3/c19-18(23)16-2-1-7-21(12-16)17(22)13-20-8-3-14(4-9-20)15-5-10-24-11-6-15/h14-16H,1-13H2,(H2,19,23). The van der Waals surface area contributed by atoms with Gasteiger partial charge in [0.2, 0.25) is 11.8 Å². The van der Waals surface area contributed by atoms with Crippen LogP contribution in [0.4, 0.5) is 0 Å². The Bertz CT molecular complexity index is 443. The van der Waals surface area contributed by atoms with Crippen LogP contribution in [0.1, 0.15) is 38.5 Å². The summed E-state index contributed by atoms with van der Waals surface area (Å²) in [6, 6.07) is 0. The van der Waals surface area contributed by atoms with E-state index in [1.54, 1.807) is 0 Å². The third-order valence-corrected chi connectivity index (χ3v) is 6.10. The number of amides is 2. The van der Waals surface area contributed by atoms with Crippen LogP contribution in [0.2, 0.25) is 0 Å². The first-order valence-electron chi connectivity index (χ1n) is 9.50. The molecule has 0 bridgehead atoms. The lowest BCUT2D eigenvalue weighted by Gasteiger charge is -2.38. The normalized spacial score (nSPS) is 28.0. The lowest BCUT2D eigenvalue weighted by atomic mass is 9.80. The van der Waals surface area contributed by atoms with E-state index in [1.165, 1.54) is 25.7 Å². The van der Waals surface area contributed by atoms with Crippen molar-refractivity contribution in [2.24, 2.45) is 23.5 Å². The largest absolute Gasteiger partial charge is 0.381 e. The molecule has 0 aliphatic carbocycles. The minimum atomic E-state index is -0.273. The second-order valence-electron chi connectivity index (χ2n) is 7.64. The predicted molar refractivity (Wildman–Crippen MR) is 91.2 cm³/mol. The SMILES string of the molecule is NC(=O)C1CCCN(C(=O)CN2CCC(C3CCOCC3)CC2)C1. The molecule has 3 saturated heterocycles. The first kappa shape index (κ1) is 17.7. The van der Waals surface area contributed by atoms with Crippen molar-refractivity contribution >= 4 is 11.8 Å². The first-order valence-corrected chi connectivity index (χ1v) is 9.50. The molecule has 0 aromatic rings. The minimum Gasteiger partial charge on any atom is -0.381 e. The number of piperidine rings is 2. The van der Waals surface area contributed by atoms with E-state index in [4.69, 9.17) is 10.5 Å². The van der Waals surface area contributed by atoms with E-state index in [9.17, 15) is 9.59 Å². The van der Waals surface area contributed by atoms with Crippen molar-refractivity contribution in [1.82, 2.24) is 9.80 Å². The van der Waals surface area contributed by atoms with Gasteiger partial charge in [-0.1, -0.05) is 0 Å². The smallest absolute Gasteiger partial charge is 0.236 e. The van der Waals surface area contributed by atoms with Crippen LogP contribution < -0.4 is 5.73 Å². The highest BCUT2D eigenvalue weighted by atomic mass is 16.5. The van der Waals surface area contributed by atoms with Crippen molar-refractivity contribution in [3.63, 3.8) is 0 Å². The Morgan fingerprint density at radius 3 is 2.29 bits per heavy atom. The minimum absolute atomic E-state index is 0.158. The fraction of sp³-hybridized carbons (Fsp3) is 0.889. The van der Waals surface area contributed by atoms with Gasteiger partial charge in [0.15, 0.2) is 0 Å². The zero-order chi connectivity index (χ0) is 16.9. The van der Waals surface area contributed by atoms with Crippen LogP contribution in [0, 0.1) is 17.8 Å². The number of rotatable bonds is 4. The summed E-state index contributed by atoms with van der Waals surface area (Å²) in [6.45, 7) is 5.63. The van der Waals surface area contributed by atoms with Crippen LogP contribution in [0.15, 0.2) is 0 Å². The summed E-state index contributed by atoms with van der Waals surface area (Å²) < 4.78 is 5.46. The number of hydrogen-bond donors (Lipinski definition) is 1. The van der Waals surface area contributed by atoms with Gasteiger partial charge < -0.3 is 15.4 Å². The molecule has 0 radical (unpaired) electrons. The molecule has 0 aromatic carbocycles. The van der Waals surface area contributed by atoms with Crippen molar-refractivity contribution in [2.45, 2.75) is 38.5 Å². The molecule has 1 unspecified atom stereocenters. The molecule has 3 aliphatic heterocycles. The Balaban J connectivity index is 1.42. The lowest BCUT2D eigenvalue weighted by Crippen LogP contribution is -2.49. The number of carbonyl (C=O) groups excluding carboxylic acids is 2. The highest BCUT2D eigenvalue weighted by molar-refractivity contribution is 5.81. The summed E-state index contributed by atoms with van der Waals surface area (Å²) in [7, 11) is 0. The monoisotopic (exact) mass is 337 g/mol. The van der Waals surface area contributed by atoms with Crippen molar-refractivity contribution in [3.05, 3.63) is 0 Å². The molecule has 6 heteroatoms. The van der Waals surface area contributed by atoms with Crippen molar-refractivity contribution in [1.29, 1.82) is 0 Å². The second kappa shape index (κ2) is 8.30. The fourth-order valence-corrected chi connectivity index (χ4v) is 4.50. The van der Waals surface area contributed by atoms with E-state index in [0.29, 0.717) is 13.1 Å². The maximum Gasteiger partial charge on any atom is 0.236 e. The molecule has 0 aromatic heterocycles. The van der Waals surface area contributed by atoms with Gasteiger partial charge in [0.25, 0.3) is 0 Å². The van der Waals surface area contributed by atoms with Gasteiger partial charge in [-0.25, -0.2) is 0 Å². The van der Waals surface area contributed by atoms with Gasteiger partial charge >= 0.3 is 0 Å². The van der Waals surface area contributed by atoms with E-state index in [2.05, 4.69) is 4.90 Å². The molecule has 0 saturated carbocycles. The molecule has 3 heterocycles. The van der Waals surface area contributed by atoms with Crippen LogP contribution in [0.3, 0.4) is 0 Å². The number of hydrogen-bond acceptors (Lipinski definition) is 4.